The third-order valence-corrected chi connectivity index (χ3v) is 5.24. The van der Waals surface area contributed by atoms with Gasteiger partial charge in [-0.2, -0.15) is 0 Å². The summed E-state index contributed by atoms with van der Waals surface area (Å²) < 4.78 is 0. The van der Waals surface area contributed by atoms with E-state index in [1.54, 1.807) is 24.2 Å². The highest BCUT2D eigenvalue weighted by Gasteiger charge is 2.34. The monoisotopic (exact) mass is 334 g/mol. The first-order chi connectivity index (χ1) is 11.2. The van der Waals surface area contributed by atoms with Gasteiger partial charge < -0.3 is 15.5 Å². The van der Waals surface area contributed by atoms with E-state index < -0.39 is 0 Å². The van der Waals surface area contributed by atoms with Crippen LogP contribution in [0.4, 0.5) is 0 Å². The zero-order valence-corrected chi connectivity index (χ0v) is 13.8. The number of carbonyl (C=O) groups excluding carboxylic acids is 2. The predicted octanol–water partition coefficient (Wildman–Crippen LogP) is 0.599. The molecular weight excluding hydrogens is 312 g/mol. The number of nitrogens with zero attached hydrogens (tertiary/aromatic N) is 2. The van der Waals surface area contributed by atoms with Gasteiger partial charge in [0, 0.05) is 37.7 Å². The van der Waals surface area contributed by atoms with Crippen molar-refractivity contribution in [3.8, 4) is 0 Å². The number of pyridine rings is 1. The van der Waals surface area contributed by atoms with Gasteiger partial charge in [-0.05, 0) is 30.5 Å². The van der Waals surface area contributed by atoms with Crippen LogP contribution in [0.1, 0.15) is 18.4 Å². The minimum absolute atomic E-state index is 0.0329. The number of carbonyl (C=O) groups is 2. The number of amides is 2. The predicted molar refractivity (Wildman–Crippen MR) is 89.6 cm³/mol. The average Bonchev–Trinajstić information content (AvgIpc) is 3.25. The molecule has 3 heterocycles. The van der Waals surface area contributed by atoms with Gasteiger partial charge in [0.25, 0.3) is 0 Å². The molecule has 0 aromatic carbocycles. The number of rotatable bonds is 5. The fourth-order valence-electron chi connectivity index (χ4n) is 3.00. The summed E-state index contributed by atoms with van der Waals surface area (Å²) in [5.74, 6) is 2.28. The summed E-state index contributed by atoms with van der Waals surface area (Å²) in [6.07, 6.45) is 4.68. The van der Waals surface area contributed by atoms with Gasteiger partial charge in [-0.25, -0.2) is 0 Å². The largest absolute Gasteiger partial charge is 0.352 e. The molecule has 2 fully saturated rings. The standard InChI is InChI=1S/C16H22N4O2S/c21-15(19-9-12-2-1-3-17-8-12)7-13-6-14(18-10-13)16(22)20-4-5-23-11-20/h1-3,8,13-14,18H,4-7,9-11H2,(H,19,21). The second-order valence-electron chi connectivity index (χ2n) is 6.04. The fraction of sp³-hybridized carbons (Fsp3) is 0.562. The van der Waals surface area contributed by atoms with Gasteiger partial charge >= 0.3 is 0 Å². The summed E-state index contributed by atoms with van der Waals surface area (Å²) in [4.78, 5) is 30.3. The van der Waals surface area contributed by atoms with E-state index in [2.05, 4.69) is 15.6 Å². The van der Waals surface area contributed by atoms with Crippen LogP contribution in [0.2, 0.25) is 0 Å². The molecule has 23 heavy (non-hydrogen) atoms. The van der Waals surface area contributed by atoms with Crippen LogP contribution < -0.4 is 10.6 Å². The second-order valence-corrected chi connectivity index (χ2v) is 7.12. The van der Waals surface area contributed by atoms with Crippen LogP contribution in [0, 0.1) is 5.92 Å². The van der Waals surface area contributed by atoms with Crippen LogP contribution >= 0.6 is 11.8 Å². The minimum Gasteiger partial charge on any atom is -0.352 e. The molecule has 2 unspecified atom stereocenters. The van der Waals surface area contributed by atoms with Gasteiger partial charge in [0.05, 0.1) is 11.9 Å². The van der Waals surface area contributed by atoms with Crippen molar-refractivity contribution in [2.24, 2.45) is 5.92 Å². The van der Waals surface area contributed by atoms with E-state index in [1.165, 1.54) is 0 Å². The van der Waals surface area contributed by atoms with E-state index in [-0.39, 0.29) is 23.8 Å². The number of hydrogen-bond donors (Lipinski definition) is 2. The molecule has 2 amide bonds. The Labute approximate surface area is 140 Å². The molecule has 124 valence electrons. The Hall–Kier alpha value is -1.60. The van der Waals surface area contributed by atoms with E-state index in [1.807, 2.05) is 17.0 Å². The maximum absolute atomic E-state index is 12.3. The third-order valence-electron chi connectivity index (χ3n) is 4.27. The Kier molecular flexibility index (Phi) is 5.51. The first kappa shape index (κ1) is 16.3. The summed E-state index contributed by atoms with van der Waals surface area (Å²) in [6.45, 7) is 2.08. The molecule has 2 aliphatic heterocycles. The molecule has 1 aromatic rings. The zero-order chi connectivity index (χ0) is 16.1. The lowest BCUT2D eigenvalue weighted by Crippen LogP contribution is -2.42. The average molecular weight is 334 g/mol. The fourth-order valence-corrected chi connectivity index (χ4v) is 3.95. The molecule has 2 aliphatic rings. The van der Waals surface area contributed by atoms with Crippen molar-refractivity contribution in [2.45, 2.75) is 25.4 Å². The molecular formula is C16H22N4O2S. The molecule has 0 aliphatic carbocycles. The first-order valence-electron chi connectivity index (χ1n) is 7.98. The van der Waals surface area contributed by atoms with Crippen molar-refractivity contribution in [2.75, 3.05) is 24.7 Å². The summed E-state index contributed by atoms with van der Waals surface area (Å²) in [5, 5.41) is 6.19. The quantitative estimate of drug-likeness (QED) is 0.825. The molecule has 0 saturated carbocycles. The van der Waals surface area contributed by atoms with Crippen molar-refractivity contribution in [3.63, 3.8) is 0 Å². The van der Waals surface area contributed by atoms with Crippen LogP contribution in [-0.2, 0) is 16.1 Å². The summed E-state index contributed by atoms with van der Waals surface area (Å²) in [7, 11) is 0. The summed E-state index contributed by atoms with van der Waals surface area (Å²) >= 11 is 1.79. The van der Waals surface area contributed by atoms with Crippen molar-refractivity contribution >= 4 is 23.6 Å². The lowest BCUT2D eigenvalue weighted by Gasteiger charge is -2.19. The van der Waals surface area contributed by atoms with Gasteiger partial charge in [0.2, 0.25) is 11.8 Å². The van der Waals surface area contributed by atoms with Gasteiger partial charge in [-0.3, -0.25) is 14.6 Å². The van der Waals surface area contributed by atoms with Crippen LogP contribution in [-0.4, -0.2) is 52.5 Å². The molecule has 7 heteroatoms. The molecule has 3 rings (SSSR count). The summed E-state index contributed by atoms with van der Waals surface area (Å²) in [6, 6.07) is 3.67. The van der Waals surface area contributed by atoms with E-state index >= 15 is 0 Å². The summed E-state index contributed by atoms with van der Waals surface area (Å²) in [5.41, 5.74) is 0.991. The number of aromatic nitrogens is 1. The third kappa shape index (κ3) is 4.45. The SMILES string of the molecule is O=C(CC1CNC(C(=O)N2CCSC2)C1)NCc1cccnc1. The normalized spacial score (nSPS) is 23.9. The molecule has 0 radical (unpaired) electrons. The number of thioether (sulfide) groups is 1. The van der Waals surface area contributed by atoms with Gasteiger partial charge in [-0.1, -0.05) is 6.07 Å². The lowest BCUT2D eigenvalue weighted by atomic mass is 10.0. The van der Waals surface area contributed by atoms with Crippen molar-refractivity contribution < 1.29 is 9.59 Å². The molecule has 2 atom stereocenters. The molecule has 6 nitrogen and oxygen atoms in total. The van der Waals surface area contributed by atoms with Crippen LogP contribution in [0.3, 0.4) is 0 Å². The smallest absolute Gasteiger partial charge is 0.240 e. The van der Waals surface area contributed by atoms with Crippen LogP contribution in [0.5, 0.6) is 0 Å². The van der Waals surface area contributed by atoms with Crippen LogP contribution in [0.25, 0.3) is 0 Å². The van der Waals surface area contributed by atoms with Crippen molar-refractivity contribution in [1.82, 2.24) is 20.5 Å². The van der Waals surface area contributed by atoms with Gasteiger partial charge in [-0.15, -0.1) is 11.8 Å². The van der Waals surface area contributed by atoms with E-state index in [0.29, 0.717) is 13.0 Å². The maximum atomic E-state index is 12.3. The Morgan fingerprint density at radius 3 is 3.13 bits per heavy atom. The Morgan fingerprint density at radius 1 is 1.48 bits per heavy atom. The second kappa shape index (κ2) is 7.79. The Morgan fingerprint density at radius 2 is 2.39 bits per heavy atom. The van der Waals surface area contributed by atoms with Gasteiger partial charge in [0.15, 0.2) is 0 Å². The van der Waals surface area contributed by atoms with Gasteiger partial charge in [0.1, 0.15) is 0 Å². The van der Waals surface area contributed by atoms with Crippen LogP contribution in [0.15, 0.2) is 24.5 Å². The highest BCUT2D eigenvalue weighted by molar-refractivity contribution is 7.99. The Bertz CT molecular complexity index is 548. The minimum atomic E-state index is -0.121. The molecule has 0 bridgehead atoms. The van der Waals surface area contributed by atoms with E-state index in [4.69, 9.17) is 0 Å². The highest BCUT2D eigenvalue weighted by Crippen LogP contribution is 2.22. The zero-order valence-electron chi connectivity index (χ0n) is 13.0. The topological polar surface area (TPSA) is 74.3 Å². The van der Waals surface area contributed by atoms with Crippen molar-refractivity contribution in [3.05, 3.63) is 30.1 Å². The molecule has 2 saturated heterocycles. The molecule has 0 spiro atoms. The van der Waals surface area contributed by atoms with E-state index in [0.717, 1.165) is 36.7 Å². The first-order valence-corrected chi connectivity index (χ1v) is 9.13. The lowest BCUT2D eigenvalue weighted by molar-refractivity contribution is -0.131. The Balaban J connectivity index is 1.40. The van der Waals surface area contributed by atoms with Crippen molar-refractivity contribution in [1.29, 1.82) is 0 Å². The highest BCUT2D eigenvalue weighted by atomic mass is 32.2. The number of nitrogens with one attached hydrogen (secondary N) is 2. The maximum Gasteiger partial charge on any atom is 0.240 e. The van der Waals surface area contributed by atoms with E-state index in [9.17, 15) is 9.59 Å². The number of hydrogen-bond acceptors (Lipinski definition) is 5. The molecule has 2 N–H and O–H groups in total. The molecule has 1 aromatic heterocycles.